The fourth-order valence-electron chi connectivity index (χ4n) is 2.47. The molecule has 0 atom stereocenters. The van der Waals surface area contributed by atoms with Gasteiger partial charge in [0.1, 0.15) is 0 Å². The van der Waals surface area contributed by atoms with Crippen molar-refractivity contribution in [3.8, 4) is 5.69 Å². The van der Waals surface area contributed by atoms with Gasteiger partial charge in [0.2, 0.25) is 5.71 Å². The number of fused-ring (bicyclic) bond motifs is 1. The highest BCUT2D eigenvalue weighted by atomic mass is 16.4. The molecular formula is C16H16N2O2. The van der Waals surface area contributed by atoms with Gasteiger partial charge in [-0.1, -0.05) is 31.5 Å². The average Bonchev–Trinajstić information content (AvgIpc) is 2.79. The second-order valence-electron chi connectivity index (χ2n) is 4.87. The molecule has 0 saturated heterocycles. The molecule has 0 radical (unpaired) electrons. The molecule has 1 aromatic carbocycles. The normalized spacial score (nSPS) is 11.1. The molecule has 20 heavy (non-hydrogen) atoms. The van der Waals surface area contributed by atoms with E-state index in [4.69, 9.17) is 4.42 Å². The van der Waals surface area contributed by atoms with E-state index in [1.165, 1.54) is 6.07 Å². The molecule has 0 unspecified atom stereocenters. The maximum atomic E-state index is 11.6. The van der Waals surface area contributed by atoms with Crippen molar-refractivity contribution in [2.24, 2.45) is 0 Å². The van der Waals surface area contributed by atoms with E-state index in [0.29, 0.717) is 5.71 Å². The Morgan fingerprint density at radius 3 is 2.70 bits per heavy atom. The smallest absolute Gasteiger partial charge is 0.337 e. The van der Waals surface area contributed by atoms with Crippen molar-refractivity contribution in [3.05, 3.63) is 58.1 Å². The zero-order valence-electron chi connectivity index (χ0n) is 11.6. The molecule has 0 aliphatic heterocycles. The first-order chi connectivity index (χ1) is 9.70. The Labute approximate surface area is 116 Å². The molecule has 0 spiro atoms. The number of para-hydroxylation sites is 1. The van der Waals surface area contributed by atoms with Crippen molar-refractivity contribution in [3.63, 3.8) is 0 Å². The first-order valence-corrected chi connectivity index (χ1v) is 6.78. The van der Waals surface area contributed by atoms with E-state index in [9.17, 15) is 4.79 Å². The molecule has 0 aliphatic carbocycles. The monoisotopic (exact) mass is 268 g/mol. The second kappa shape index (κ2) is 4.96. The summed E-state index contributed by atoms with van der Waals surface area (Å²) in [5.74, 6) is 0. The van der Waals surface area contributed by atoms with Crippen LogP contribution in [0.5, 0.6) is 0 Å². The Kier molecular flexibility index (Phi) is 3.14. The molecule has 4 heteroatoms. The Balaban J connectivity index is 2.35. The summed E-state index contributed by atoms with van der Waals surface area (Å²) in [6.07, 6.45) is 1.87. The van der Waals surface area contributed by atoms with E-state index in [0.717, 1.165) is 35.2 Å². The SMILES string of the molecule is CCCc1nn(-c2ccccc2)c2oc(=O)cc(C)c12. The van der Waals surface area contributed by atoms with E-state index in [-0.39, 0.29) is 5.63 Å². The van der Waals surface area contributed by atoms with Gasteiger partial charge >= 0.3 is 5.63 Å². The highest BCUT2D eigenvalue weighted by molar-refractivity contribution is 5.81. The molecule has 4 nitrogen and oxygen atoms in total. The van der Waals surface area contributed by atoms with Crippen LogP contribution in [0.25, 0.3) is 16.8 Å². The fraction of sp³-hybridized carbons (Fsp3) is 0.250. The maximum Gasteiger partial charge on any atom is 0.337 e. The first-order valence-electron chi connectivity index (χ1n) is 6.78. The number of aromatic nitrogens is 2. The van der Waals surface area contributed by atoms with Crippen LogP contribution in [0.1, 0.15) is 24.6 Å². The largest absolute Gasteiger partial charge is 0.403 e. The topological polar surface area (TPSA) is 48.0 Å². The van der Waals surface area contributed by atoms with E-state index in [1.807, 2.05) is 37.3 Å². The summed E-state index contributed by atoms with van der Waals surface area (Å²) < 4.78 is 7.12. The number of aryl methyl sites for hydroxylation is 2. The lowest BCUT2D eigenvalue weighted by atomic mass is 10.1. The van der Waals surface area contributed by atoms with Gasteiger partial charge in [-0.2, -0.15) is 9.78 Å². The minimum Gasteiger partial charge on any atom is -0.403 e. The second-order valence-corrected chi connectivity index (χ2v) is 4.87. The molecule has 0 bridgehead atoms. The van der Waals surface area contributed by atoms with Crippen LogP contribution >= 0.6 is 0 Å². The van der Waals surface area contributed by atoms with Gasteiger partial charge in [0.05, 0.1) is 16.8 Å². The van der Waals surface area contributed by atoms with Gasteiger partial charge in [-0.3, -0.25) is 0 Å². The van der Waals surface area contributed by atoms with Gasteiger partial charge in [-0.15, -0.1) is 0 Å². The number of rotatable bonds is 3. The summed E-state index contributed by atoms with van der Waals surface area (Å²) in [4.78, 5) is 11.6. The predicted molar refractivity (Wildman–Crippen MR) is 78.3 cm³/mol. The third kappa shape index (κ3) is 2.03. The Morgan fingerprint density at radius 1 is 1.25 bits per heavy atom. The average molecular weight is 268 g/mol. The van der Waals surface area contributed by atoms with Crippen molar-refractivity contribution in [1.82, 2.24) is 9.78 Å². The molecule has 2 heterocycles. The predicted octanol–water partition coefficient (Wildman–Crippen LogP) is 3.24. The van der Waals surface area contributed by atoms with E-state index in [2.05, 4.69) is 12.0 Å². The van der Waals surface area contributed by atoms with Crippen molar-refractivity contribution < 1.29 is 4.42 Å². The van der Waals surface area contributed by atoms with Crippen molar-refractivity contribution >= 4 is 11.1 Å². The lowest BCUT2D eigenvalue weighted by Gasteiger charge is -2.01. The highest BCUT2D eigenvalue weighted by Gasteiger charge is 2.16. The van der Waals surface area contributed by atoms with Crippen LogP contribution in [0.2, 0.25) is 0 Å². The molecule has 0 saturated carbocycles. The Hall–Kier alpha value is -2.36. The summed E-state index contributed by atoms with van der Waals surface area (Å²) in [5.41, 5.74) is 2.99. The third-order valence-corrected chi connectivity index (χ3v) is 3.33. The summed E-state index contributed by atoms with van der Waals surface area (Å²) in [5, 5.41) is 5.59. The zero-order chi connectivity index (χ0) is 14.1. The zero-order valence-corrected chi connectivity index (χ0v) is 11.6. The van der Waals surface area contributed by atoms with E-state index < -0.39 is 0 Å². The van der Waals surface area contributed by atoms with Crippen LogP contribution in [-0.4, -0.2) is 9.78 Å². The highest BCUT2D eigenvalue weighted by Crippen LogP contribution is 2.24. The minimum atomic E-state index is -0.338. The van der Waals surface area contributed by atoms with E-state index in [1.54, 1.807) is 4.68 Å². The molecule has 3 aromatic rings. The van der Waals surface area contributed by atoms with Gasteiger partial charge < -0.3 is 4.42 Å². The first kappa shape index (κ1) is 12.7. The molecule has 0 N–H and O–H groups in total. The summed E-state index contributed by atoms with van der Waals surface area (Å²) in [6, 6.07) is 11.3. The summed E-state index contributed by atoms with van der Waals surface area (Å²) in [6.45, 7) is 4.04. The van der Waals surface area contributed by atoms with Crippen LogP contribution in [0.3, 0.4) is 0 Å². The van der Waals surface area contributed by atoms with Gasteiger partial charge in [0, 0.05) is 6.07 Å². The minimum absolute atomic E-state index is 0.338. The molecule has 102 valence electrons. The molecule has 3 rings (SSSR count). The number of hydrogen-bond acceptors (Lipinski definition) is 3. The molecule has 0 amide bonds. The van der Waals surface area contributed by atoms with Crippen molar-refractivity contribution in [2.45, 2.75) is 26.7 Å². The Bertz CT molecular complexity index is 800. The van der Waals surface area contributed by atoms with Gasteiger partial charge in [-0.05, 0) is 31.0 Å². The quantitative estimate of drug-likeness (QED) is 0.732. The maximum absolute atomic E-state index is 11.6. The van der Waals surface area contributed by atoms with Crippen molar-refractivity contribution in [1.29, 1.82) is 0 Å². The van der Waals surface area contributed by atoms with Crippen LogP contribution in [0.4, 0.5) is 0 Å². The van der Waals surface area contributed by atoms with Crippen molar-refractivity contribution in [2.75, 3.05) is 0 Å². The van der Waals surface area contributed by atoms with Crippen LogP contribution in [0.15, 0.2) is 45.6 Å². The molecular weight excluding hydrogens is 252 g/mol. The molecule has 2 aromatic heterocycles. The molecule has 0 fully saturated rings. The van der Waals surface area contributed by atoms with E-state index >= 15 is 0 Å². The van der Waals surface area contributed by atoms with Gasteiger partial charge in [-0.25, -0.2) is 4.79 Å². The van der Waals surface area contributed by atoms with Crippen LogP contribution < -0.4 is 5.63 Å². The van der Waals surface area contributed by atoms with Gasteiger partial charge in [0.25, 0.3) is 0 Å². The number of hydrogen-bond donors (Lipinski definition) is 0. The fourth-order valence-corrected chi connectivity index (χ4v) is 2.47. The summed E-state index contributed by atoms with van der Waals surface area (Å²) in [7, 11) is 0. The number of nitrogens with zero attached hydrogens (tertiary/aromatic N) is 2. The standard InChI is InChI=1S/C16H16N2O2/c1-3-7-13-15-11(2)10-14(19)20-16(15)18(17-13)12-8-5-4-6-9-12/h4-6,8-10H,3,7H2,1-2H3. The Morgan fingerprint density at radius 2 is 2.00 bits per heavy atom. The third-order valence-electron chi connectivity index (χ3n) is 3.33. The van der Waals surface area contributed by atoms with Crippen LogP contribution in [-0.2, 0) is 6.42 Å². The lowest BCUT2D eigenvalue weighted by Crippen LogP contribution is -2.01. The van der Waals surface area contributed by atoms with Gasteiger partial charge in [0.15, 0.2) is 0 Å². The molecule has 0 aliphatic rings. The lowest BCUT2D eigenvalue weighted by molar-refractivity contribution is 0.534. The number of benzene rings is 1. The van der Waals surface area contributed by atoms with Crippen LogP contribution in [0, 0.1) is 6.92 Å². The summed E-state index contributed by atoms with van der Waals surface area (Å²) >= 11 is 0.